The van der Waals surface area contributed by atoms with Gasteiger partial charge in [0, 0.05) is 24.3 Å². The molecule has 0 saturated carbocycles. The fraction of sp³-hybridized carbons (Fsp3) is 0.296. The van der Waals surface area contributed by atoms with Crippen LogP contribution in [0.5, 0.6) is 5.75 Å². The second-order valence-electron chi connectivity index (χ2n) is 7.81. The van der Waals surface area contributed by atoms with Gasteiger partial charge >= 0.3 is 0 Å². The van der Waals surface area contributed by atoms with Crippen molar-refractivity contribution in [3.63, 3.8) is 0 Å². The standard InChI is InChI=1S/C27H28N4OS/c1-3-5-15-31(16-6-4-2)23-11-7-20(8-12-23)17-25-26(21-9-13-24(32)14-10-21)30-27(33-25)22(18-28)19-29/h7-14,17,32H,3-6,15-16H2,1-2H3/b25-17+. The number of nitriles is 2. The monoisotopic (exact) mass is 456 g/mol. The van der Waals surface area contributed by atoms with Crippen LogP contribution in [0.15, 0.2) is 48.5 Å². The number of benzene rings is 2. The molecule has 3 rings (SSSR count). The van der Waals surface area contributed by atoms with E-state index < -0.39 is 0 Å². The Morgan fingerprint density at radius 3 is 2.12 bits per heavy atom. The molecule has 1 heterocycles. The Kier molecular flexibility index (Phi) is 8.63. The number of phenols is 1. The van der Waals surface area contributed by atoms with Gasteiger partial charge in [0.2, 0.25) is 0 Å². The summed E-state index contributed by atoms with van der Waals surface area (Å²) in [7, 11) is 0. The van der Waals surface area contributed by atoms with E-state index in [2.05, 4.69) is 48.0 Å². The topological polar surface area (TPSA) is 83.9 Å². The van der Waals surface area contributed by atoms with Gasteiger partial charge in [-0.1, -0.05) is 38.8 Å². The van der Waals surface area contributed by atoms with Crippen LogP contribution in [0.25, 0.3) is 22.9 Å². The first-order valence-corrected chi connectivity index (χ1v) is 12.1. The molecular formula is C27H28N4OS. The van der Waals surface area contributed by atoms with Gasteiger partial charge in [0.1, 0.15) is 22.6 Å². The van der Waals surface area contributed by atoms with E-state index in [1.165, 1.54) is 42.7 Å². The molecule has 0 aliphatic carbocycles. The van der Waals surface area contributed by atoms with Gasteiger partial charge in [-0.3, -0.25) is 0 Å². The maximum absolute atomic E-state index is 9.64. The molecule has 5 nitrogen and oxygen atoms in total. The van der Waals surface area contributed by atoms with Gasteiger partial charge in [-0.25, -0.2) is 4.98 Å². The fourth-order valence-electron chi connectivity index (χ4n) is 3.48. The molecular weight excluding hydrogens is 428 g/mol. The molecule has 2 aromatic carbocycles. The molecule has 168 valence electrons. The van der Waals surface area contributed by atoms with Crippen LogP contribution in [0.4, 0.5) is 5.69 Å². The van der Waals surface area contributed by atoms with Crippen molar-refractivity contribution in [3.05, 3.63) is 63.3 Å². The smallest absolute Gasteiger partial charge is 0.165 e. The summed E-state index contributed by atoms with van der Waals surface area (Å²) in [6.07, 6.45) is 6.73. The molecule has 0 aliphatic heterocycles. The Hall–Kier alpha value is -3.61. The summed E-state index contributed by atoms with van der Waals surface area (Å²) < 4.78 is 1.26. The highest BCUT2D eigenvalue weighted by atomic mass is 32.1. The third kappa shape index (κ3) is 6.22. The minimum absolute atomic E-state index is 0.00230. The van der Waals surface area contributed by atoms with Crippen LogP contribution in [-0.2, 0) is 0 Å². The predicted octanol–water partition coefficient (Wildman–Crippen LogP) is 4.95. The van der Waals surface area contributed by atoms with Crippen LogP contribution in [0.1, 0.15) is 45.1 Å². The lowest BCUT2D eigenvalue weighted by Crippen LogP contribution is -2.25. The normalized spacial score (nSPS) is 11.1. The largest absolute Gasteiger partial charge is 0.508 e. The van der Waals surface area contributed by atoms with E-state index in [-0.39, 0.29) is 11.3 Å². The number of unbranched alkanes of at least 4 members (excludes halogenated alkanes) is 2. The van der Waals surface area contributed by atoms with Crippen molar-refractivity contribution in [2.45, 2.75) is 39.5 Å². The number of hydrogen-bond acceptors (Lipinski definition) is 6. The van der Waals surface area contributed by atoms with Crippen LogP contribution in [0.2, 0.25) is 0 Å². The summed E-state index contributed by atoms with van der Waals surface area (Å²) in [5.74, 6) is 0.173. The van der Waals surface area contributed by atoms with E-state index in [9.17, 15) is 15.6 Å². The second-order valence-corrected chi connectivity index (χ2v) is 8.84. The van der Waals surface area contributed by atoms with Crippen molar-refractivity contribution in [1.82, 2.24) is 4.98 Å². The van der Waals surface area contributed by atoms with Crippen molar-refractivity contribution >= 4 is 28.7 Å². The van der Waals surface area contributed by atoms with Gasteiger partial charge in [0.05, 0.1) is 10.2 Å². The van der Waals surface area contributed by atoms with E-state index in [0.29, 0.717) is 10.4 Å². The highest BCUT2D eigenvalue weighted by molar-refractivity contribution is 7.08. The van der Waals surface area contributed by atoms with Gasteiger partial charge in [0.25, 0.3) is 0 Å². The van der Waals surface area contributed by atoms with Crippen molar-refractivity contribution in [3.8, 4) is 29.1 Å². The van der Waals surface area contributed by atoms with Crippen LogP contribution in [-0.4, -0.2) is 23.2 Å². The van der Waals surface area contributed by atoms with Crippen molar-refractivity contribution in [2.24, 2.45) is 0 Å². The molecule has 33 heavy (non-hydrogen) atoms. The van der Waals surface area contributed by atoms with E-state index in [1.807, 2.05) is 18.2 Å². The molecule has 0 bridgehead atoms. The fourth-order valence-corrected chi connectivity index (χ4v) is 4.48. The summed E-state index contributed by atoms with van der Waals surface area (Å²) in [5, 5.41) is 28.2. The lowest BCUT2D eigenvalue weighted by molar-refractivity contribution is 0.475. The molecule has 1 aromatic heterocycles. The first-order valence-electron chi connectivity index (χ1n) is 11.3. The third-order valence-corrected chi connectivity index (χ3v) is 6.37. The average molecular weight is 457 g/mol. The van der Waals surface area contributed by atoms with Gasteiger partial charge in [0.15, 0.2) is 5.57 Å². The number of hydrogen-bond donors (Lipinski definition) is 1. The Morgan fingerprint density at radius 1 is 0.970 bits per heavy atom. The van der Waals surface area contributed by atoms with E-state index in [0.717, 1.165) is 28.7 Å². The molecule has 0 saturated heterocycles. The maximum atomic E-state index is 9.64. The number of anilines is 1. The zero-order valence-electron chi connectivity index (χ0n) is 19.1. The average Bonchev–Trinajstić information content (AvgIpc) is 3.24. The number of rotatable bonds is 9. The Morgan fingerprint density at radius 2 is 1.58 bits per heavy atom. The summed E-state index contributed by atoms with van der Waals surface area (Å²) in [6, 6.07) is 19.1. The Labute approximate surface area is 199 Å². The summed E-state index contributed by atoms with van der Waals surface area (Å²) in [4.78, 5) is 7.03. The van der Waals surface area contributed by atoms with Crippen molar-refractivity contribution in [2.75, 3.05) is 18.0 Å². The number of aromatic hydroxyl groups is 1. The van der Waals surface area contributed by atoms with Gasteiger partial charge in [-0.2, -0.15) is 10.5 Å². The van der Waals surface area contributed by atoms with Crippen LogP contribution in [0, 0.1) is 22.7 Å². The SMILES string of the molecule is CCCCN(CCCC)c1ccc(/C=c2/sc(=C(C#N)C#N)nc2-c2ccc(O)cc2)cc1. The molecule has 0 fully saturated rings. The highest BCUT2D eigenvalue weighted by Gasteiger charge is 2.09. The number of phenolic OH excluding ortho intramolecular Hbond substituents is 1. The summed E-state index contributed by atoms with van der Waals surface area (Å²) in [6.45, 7) is 6.55. The lowest BCUT2D eigenvalue weighted by atomic mass is 10.1. The molecule has 0 aliphatic rings. The number of aromatic nitrogens is 1. The van der Waals surface area contributed by atoms with Crippen LogP contribution >= 0.6 is 11.3 Å². The van der Waals surface area contributed by atoms with E-state index in [1.54, 1.807) is 24.3 Å². The molecule has 0 atom stereocenters. The van der Waals surface area contributed by atoms with Crippen LogP contribution < -0.4 is 14.1 Å². The number of nitrogens with zero attached hydrogens (tertiary/aromatic N) is 4. The Bertz CT molecular complexity index is 1240. The maximum Gasteiger partial charge on any atom is 0.165 e. The molecule has 0 radical (unpaired) electrons. The van der Waals surface area contributed by atoms with Crippen LogP contribution in [0.3, 0.4) is 0 Å². The first kappa shape index (κ1) is 24.0. The van der Waals surface area contributed by atoms with Gasteiger partial charge in [-0.05, 0) is 60.9 Å². The molecule has 1 N–H and O–H groups in total. The minimum Gasteiger partial charge on any atom is -0.508 e. The Balaban J connectivity index is 2.03. The minimum atomic E-state index is -0.00230. The number of thiazole rings is 1. The van der Waals surface area contributed by atoms with Crippen molar-refractivity contribution in [1.29, 1.82) is 10.5 Å². The summed E-state index contributed by atoms with van der Waals surface area (Å²) in [5.41, 5.74) is 3.75. The molecule has 0 unspecified atom stereocenters. The first-order chi connectivity index (χ1) is 16.1. The summed E-state index contributed by atoms with van der Waals surface area (Å²) >= 11 is 1.32. The quantitative estimate of drug-likeness (QED) is 0.493. The van der Waals surface area contributed by atoms with E-state index >= 15 is 0 Å². The predicted molar refractivity (Wildman–Crippen MR) is 135 cm³/mol. The molecule has 3 aromatic rings. The zero-order valence-corrected chi connectivity index (χ0v) is 19.9. The van der Waals surface area contributed by atoms with Gasteiger partial charge < -0.3 is 10.0 Å². The molecule has 6 heteroatoms. The molecule has 0 spiro atoms. The highest BCUT2D eigenvalue weighted by Crippen LogP contribution is 2.20. The zero-order chi connectivity index (χ0) is 23.6. The van der Waals surface area contributed by atoms with Gasteiger partial charge in [-0.15, -0.1) is 11.3 Å². The molecule has 0 amide bonds. The third-order valence-electron chi connectivity index (χ3n) is 5.35. The van der Waals surface area contributed by atoms with E-state index in [4.69, 9.17) is 0 Å². The lowest BCUT2D eigenvalue weighted by Gasteiger charge is -2.24. The second kappa shape index (κ2) is 11.9. The van der Waals surface area contributed by atoms with Crippen molar-refractivity contribution < 1.29 is 5.11 Å².